The molecule has 2 amide bonds. The monoisotopic (exact) mass is 476 g/mol. The van der Waals surface area contributed by atoms with Crippen molar-refractivity contribution < 1.29 is 24.3 Å². The van der Waals surface area contributed by atoms with Crippen molar-refractivity contribution in [1.29, 1.82) is 0 Å². The van der Waals surface area contributed by atoms with Gasteiger partial charge in [-0.1, -0.05) is 23.4 Å². The number of β-amino-alcohol motifs (C(OH)–C–C–N with tert-alkyl or cyclic N) is 1. The molecule has 0 unspecified atom stereocenters. The number of nitrogens with one attached hydrogen (secondary N) is 1. The summed E-state index contributed by atoms with van der Waals surface area (Å²) in [5.74, 6) is -0.359. The molecule has 1 saturated heterocycles. The molecule has 30 heavy (non-hydrogen) atoms. The van der Waals surface area contributed by atoms with Gasteiger partial charge in [-0.3, -0.25) is 14.7 Å². The number of para-hydroxylation sites is 1. The maximum atomic E-state index is 12.6. The van der Waals surface area contributed by atoms with E-state index in [1.807, 2.05) is 30.3 Å². The lowest BCUT2D eigenvalue weighted by atomic mass is 10.2. The predicted molar refractivity (Wildman–Crippen MR) is 112 cm³/mol. The topological polar surface area (TPSA) is 113 Å². The molecule has 2 N–H and O–H groups in total. The molecule has 3 atom stereocenters. The third kappa shape index (κ3) is 4.71. The van der Waals surface area contributed by atoms with Crippen LogP contribution >= 0.6 is 15.9 Å². The van der Waals surface area contributed by atoms with E-state index < -0.39 is 18.2 Å². The minimum absolute atomic E-state index is 0.0267. The van der Waals surface area contributed by atoms with Gasteiger partial charge in [0.15, 0.2) is 6.10 Å². The summed E-state index contributed by atoms with van der Waals surface area (Å²) in [6.45, 7) is 0.329. The lowest BCUT2D eigenvalue weighted by molar-refractivity contribution is -0.125. The number of likely N-dealkylation sites (tertiary alicyclic amines) is 1. The number of amides is 2. The number of rotatable bonds is 5. The fraction of sp³-hybridized carbons (Fsp3) is 0.400. The molecular weight excluding hydrogens is 456 g/mol. The van der Waals surface area contributed by atoms with Gasteiger partial charge in [0, 0.05) is 30.0 Å². The largest absolute Gasteiger partial charge is 0.444 e. The van der Waals surface area contributed by atoms with Crippen molar-refractivity contribution in [2.75, 3.05) is 13.1 Å². The second kappa shape index (κ2) is 8.97. The number of carbonyl (C=O) groups is 2. The van der Waals surface area contributed by atoms with Crippen molar-refractivity contribution in [1.82, 2.24) is 15.2 Å². The van der Waals surface area contributed by atoms with Gasteiger partial charge in [-0.05, 0) is 28.1 Å². The summed E-state index contributed by atoms with van der Waals surface area (Å²) in [5.41, 5.74) is 1.60. The number of fused-ring (bicyclic) bond motifs is 1. The number of nitrogens with zero attached hydrogens (tertiary/aromatic N) is 3. The summed E-state index contributed by atoms with van der Waals surface area (Å²) in [5, 5.41) is 17.5. The number of aliphatic hydroxyl groups excluding tert-OH is 1. The Balaban J connectivity index is 1.33. The molecule has 9 nitrogen and oxygen atoms in total. The first-order chi connectivity index (χ1) is 14.5. The van der Waals surface area contributed by atoms with E-state index in [1.165, 1.54) is 4.90 Å². The Morgan fingerprint density at radius 3 is 3.00 bits per heavy atom. The minimum atomic E-state index is -0.798. The van der Waals surface area contributed by atoms with Crippen LogP contribution in [0.4, 0.5) is 4.79 Å². The summed E-state index contributed by atoms with van der Waals surface area (Å²) in [4.78, 5) is 35.9. The van der Waals surface area contributed by atoms with Crippen LogP contribution in [0.15, 0.2) is 41.7 Å². The molecule has 10 heteroatoms. The highest BCUT2D eigenvalue weighted by molar-refractivity contribution is 9.18. The molecule has 2 aliphatic heterocycles. The van der Waals surface area contributed by atoms with Gasteiger partial charge in [-0.25, -0.2) is 4.79 Å². The van der Waals surface area contributed by atoms with E-state index in [2.05, 4.69) is 31.4 Å². The van der Waals surface area contributed by atoms with Crippen LogP contribution in [0.2, 0.25) is 0 Å². The summed E-state index contributed by atoms with van der Waals surface area (Å²) in [7, 11) is 0. The number of halogens is 1. The summed E-state index contributed by atoms with van der Waals surface area (Å²) in [6.07, 6.45) is 0.693. The smallest absolute Gasteiger partial charge is 0.410 e. The Morgan fingerprint density at radius 1 is 1.37 bits per heavy atom. The van der Waals surface area contributed by atoms with Crippen molar-refractivity contribution in [2.24, 2.45) is 5.16 Å². The van der Waals surface area contributed by atoms with Gasteiger partial charge in [-0.2, -0.15) is 0 Å². The molecule has 0 bridgehead atoms. The van der Waals surface area contributed by atoms with Crippen molar-refractivity contribution in [2.45, 2.75) is 37.7 Å². The van der Waals surface area contributed by atoms with Crippen molar-refractivity contribution >= 4 is 43.5 Å². The molecule has 3 heterocycles. The molecule has 1 aromatic heterocycles. The Labute approximate surface area is 181 Å². The average Bonchev–Trinajstić information content (AvgIpc) is 3.35. The van der Waals surface area contributed by atoms with Crippen molar-refractivity contribution in [3.05, 3.63) is 42.1 Å². The number of pyridine rings is 1. The zero-order valence-electron chi connectivity index (χ0n) is 16.0. The first-order valence-electron chi connectivity index (χ1n) is 9.60. The lowest BCUT2D eigenvalue weighted by Crippen LogP contribution is -2.47. The Kier molecular flexibility index (Phi) is 6.14. The summed E-state index contributed by atoms with van der Waals surface area (Å²) < 4.78 is 6.07. The molecule has 158 valence electrons. The highest BCUT2D eigenvalue weighted by atomic mass is 79.9. The van der Waals surface area contributed by atoms with Crippen LogP contribution in [0.25, 0.3) is 10.9 Å². The standard InChI is InChI=1S/C20H21BrN4O5/c21-18-7-15(30-24-18)9-23-19(27)17-6-14(26)10-25(17)20(28)29-11-12-5-13-3-1-2-4-16(13)22-8-12/h1-5,8,14-15,17,26H,6-7,9-11H2,(H,23,27)/t14-,15-,17-/m0/s1. The highest BCUT2D eigenvalue weighted by Gasteiger charge is 2.40. The van der Waals surface area contributed by atoms with Crippen LogP contribution in [0.5, 0.6) is 0 Å². The van der Waals surface area contributed by atoms with E-state index in [0.717, 1.165) is 16.5 Å². The van der Waals surface area contributed by atoms with Gasteiger partial charge in [-0.15, -0.1) is 0 Å². The molecule has 1 fully saturated rings. The van der Waals surface area contributed by atoms with Gasteiger partial charge in [0.1, 0.15) is 17.3 Å². The molecule has 1 aromatic carbocycles. The number of hydrogen-bond acceptors (Lipinski definition) is 7. The SMILES string of the molecule is O=C(NC[C@@H]1CC(Br)=NO1)[C@@H]1C[C@H](O)CN1C(=O)OCc1cnc2ccccc2c1. The number of carbonyl (C=O) groups excluding carboxylic acids is 2. The van der Waals surface area contributed by atoms with Crippen LogP contribution in [0.1, 0.15) is 18.4 Å². The number of benzene rings is 1. The van der Waals surface area contributed by atoms with E-state index in [0.29, 0.717) is 11.0 Å². The van der Waals surface area contributed by atoms with Crippen LogP contribution in [-0.4, -0.2) is 63.0 Å². The Hall–Kier alpha value is -2.72. The average molecular weight is 477 g/mol. The Bertz CT molecular complexity index is 985. The number of hydrogen-bond donors (Lipinski definition) is 2. The maximum absolute atomic E-state index is 12.6. The number of oxime groups is 1. The molecule has 0 spiro atoms. The van der Waals surface area contributed by atoms with Crippen LogP contribution < -0.4 is 5.32 Å². The van der Waals surface area contributed by atoms with E-state index >= 15 is 0 Å². The Morgan fingerprint density at radius 2 is 2.20 bits per heavy atom. The normalized spacial score (nSPS) is 23.2. The number of aliphatic hydroxyl groups is 1. The van der Waals surface area contributed by atoms with Gasteiger partial charge in [0.2, 0.25) is 5.91 Å². The minimum Gasteiger partial charge on any atom is -0.444 e. The van der Waals surface area contributed by atoms with Crippen molar-refractivity contribution in [3.8, 4) is 0 Å². The fourth-order valence-electron chi connectivity index (χ4n) is 3.52. The second-order valence-electron chi connectivity index (χ2n) is 7.29. The van der Waals surface area contributed by atoms with Gasteiger partial charge in [0.25, 0.3) is 0 Å². The predicted octanol–water partition coefficient (Wildman–Crippen LogP) is 1.92. The van der Waals surface area contributed by atoms with Gasteiger partial charge in [0.05, 0.1) is 24.7 Å². The molecule has 4 rings (SSSR count). The quantitative estimate of drug-likeness (QED) is 0.681. The van der Waals surface area contributed by atoms with Crippen LogP contribution in [0.3, 0.4) is 0 Å². The van der Waals surface area contributed by atoms with Gasteiger partial charge < -0.3 is 20.0 Å². The van der Waals surface area contributed by atoms with E-state index in [4.69, 9.17) is 9.57 Å². The third-order valence-corrected chi connectivity index (χ3v) is 5.50. The zero-order chi connectivity index (χ0) is 21.1. The molecular formula is C20H21BrN4O5. The molecule has 2 aromatic rings. The van der Waals surface area contributed by atoms with E-state index in [1.54, 1.807) is 6.20 Å². The summed E-state index contributed by atoms with van der Waals surface area (Å²) in [6, 6.07) is 8.76. The lowest BCUT2D eigenvalue weighted by Gasteiger charge is -2.23. The number of ether oxygens (including phenoxy) is 1. The molecule has 0 aliphatic carbocycles. The second-order valence-corrected chi connectivity index (χ2v) is 8.21. The molecule has 0 radical (unpaired) electrons. The fourth-order valence-corrected chi connectivity index (χ4v) is 3.97. The van der Waals surface area contributed by atoms with Gasteiger partial charge >= 0.3 is 6.09 Å². The van der Waals surface area contributed by atoms with E-state index in [9.17, 15) is 14.7 Å². The van der Waals surface area contributed by atoms with E-state index in [-0.39, 0.29) is 38.1 Å². The maximum Gasteiger partial charge on any atom is 0.410 e. The number of aromatic nitrogens is 1. The van der Waals surface area contributed by atoms with Crippen LogP contribution in [-0.2, 0) is 21.0 Å². The molecule has 2 aliphatic rings. The highest BCUT2D eigenvalue weighted by Crippen LogP contribution is 2.21. The molecule has 0 saturated carbocycles. The van der Waals surface area contributed by atoms with Crippen LogP contribution in [0, 0.1) is 0 Å². The van der Waals surface area contributed by atoms with Crippen molar-refractivity contribution in [3.63, 3.8) is 0 Å². The zero-order valence-corrected chi connectivity index (χ0v) is 17.6. The first kappa shape index (κ1) is 20.5. The first-order valence-corrected chi connectivity index (χ1v) is 10.4. The third-order valence-electron chi connectivity index (χ3n) is 5.03. The summed E-state index contributed by atoms with van der Waals surface area (Å²) >= 11 is 3.24.